The Labute approximate surface area is 142 Å². The van der Waals surface area contributed by atoms with Crippen LogP contribution in [0.25, 0.3) is 21.8 Å². The van der Waals surface area contributed by atoms with Gasteiger partial charge in [0.2, 0.25) is 0 Å². The molecule has 0 bridgehead atoms. The number of aromatic hydroxyl groups is 1. The Balaban J connectivity index is 1.96. The minimum absolute atomic E-state index is 0.0676. The molecule has 2 aromatic heterocycles. The van der Waals surface area contributed by atoms with Gasteiger partial charge in [-0.25, -0.2) is 4.98 Å². The molecule has 4 rings (SSSR count). The van der Waals surface area contributed by atoms with E-state index < -0.39 is 0 Å². The topological polar surface area (TPSA) is 83.0 Å². The van der Waals surface area contributed by atoms with Crippen molar-refractivity contribution >= 4 is 27.6 Å². The molecule has 25 heavy (non-hydrogen) atoms. The van der Waals surface area contributed by atoms with Crippen LogP contribution in [0.15, 0.2) is 59.5 Å². The Hall–Kier alpha value is -3.47. The van der Waals surface area contributed by atoms with Crippen molar-refractivity contribution in [1.29, 1.82) is 0 Å². The lowest BCUT2D eigenvalue weighted by molar-refractivity contribution is 0.103. The highest BCUT2D eigenvalue weighted by Gasteiger charge is 2.16. The molecule has 4 aromatic rings. The summed E-state index contributed by atoms with van der Waals surface area (Å²) < 4.78 is 0. The Morgan fingerprint density at radius 1 is 1.04 bits per heavy atom. The fraction of sp³-hybridized carbons (Fsp3) is 0.0500. The molecule has 0 saturated carbocycles. The molecule has 2 aromatic carbocycles. The smallest absolute Gasteiger partial charge is 0.257 e. The number of phenolic OH excluding ortho intramolecular Hbond substituents is 1. The van der Waals surface area contributed by atoms with Crippen LogP contribution in [0.4, 0.5) is 0 Å². The number of hydrogen-bond acceptors (Lipinski definition) is 4. The van der Waals surface area contributed by atoms with Crippen LogP contribution in [-0.2, 0) is 0 Å². The Morgan fingerprint density at radius 2 is 1.80 bits per heavy atom. The number of H-pyrrole nitrogens is 1. The molecule has 0 spiro atoms. The maximum atomic E-state index is 12.8. The van der Waals surface area contributed by atoms with Gasteiger partial charge in [-0.1, -0.05) is 29.8 Å². The molecule has 0 aliphatic rings. The van der Waals surface area contributed by atoms with Crippen molar-refractivity contribution < 1.29 is 9.90 Å². The first-order valence-corrected chi connectivity index (χ1v) is 7.80. The zero-order valence-electron chi connectivity index (χ0n) is 13.4. The van der Waals surface area contributed by atoms with Crippen LogP contribution < -0.4 is 5.56 Å². The number of rotatable bonds is 2. The third-order valence-electron chi connectivity index (χ3n) is 4.24. The van der Waals surface area contributed by atoms with Gasteiger partial charge in [-0.15, -0.1) is 0 Å². The number of carbonyl (C=O) groups is 1. The number of ketones is 1. The number of fused-ring (bicyclic) bond motifs is 3. The molecule has 0 fully saturated rings. The van der Waals surface area contributed by atoms with Gasteiger partial charge in [0.1, 0.15) is 11.4 Å². The first kappa shape index (κ1) is 15.1. The van der Waals surface area contributed by atoms with Crippen molar-refractivity contribution in [3.8, 4) is 5.75 Å². The van der Waals surface area contributed by atoms with E-state index in [2.05, 4.69) is 9.97 Å². The Morgan fingerprint density at radius 3 is 2.60 bits per heavy atom. The number of aromatic nitrogens is 2. The minimum atomic E-state index is -0.314. The number of benzene rings is 2. The first-order valence-electron chi connectivity index (χ1n) is 7.80. The third kappa shape index (κ3) is 2.46. The summed E-state index contributed by atoms with van der Waals surface area (Å²) in [5.74, 6) is -0.382. The summed E-state index contributed by atoms with van der Waals surface area (Å²) in [7, 11) is 0. The summed E-state index contributed by atoms with van der Waals surface area (Å²) in [6.45, 7) is 1.85. The molecule has 5 heteroatoms. The van der Waals surface area contributed by atoms with Crippen molar-refractivity contribution in [1.82, 2.24) is 9.97 Å². The number of aryl methyl sites for hydroxylation is 1. The van der Waals surface area contributed by atoms with E-state index in [1.807, 2.05) is 19.1 Å². The number of carbonyl (C=O) groups excluding carboxylic acids is 1. The largest absolute Gasteiger partial charge is 0.507 e. The molecule has 0 aliphatic carbocycles. The van der Waals surface area contributed by atoms with Crippen LogP contribution in [0, 0.1) is 6.92 Å². The van der Waals surface area contributed by atoms with Crippen LogP contribution in [0.5, 0.6) is 5.75 Å². The predicted octanol–water partition coefficient (Wildman–Crippen LogP) is 3.32. The number of nitrogens with zero attached hydrogens (tertiary/aromatic N) is 1. The Bertz CT molecular complexity index is 1210. The van der Waals surface area contributed by atoms with Crippen molar-refractivity contribution in [3.63, 3.8) is 0 Å². The molecular formula is C20H14N2O3. The van der Waals surface area contributed by atoms with Gasteiger partial charge in [0.05, 0.1) is 5.56 Å². The average molecular weight is 330 g/mol. The van der Waals surface area contributed by atoms with Gasteiger partial charge < -0.3 is 10.1 Å². The van der Waals surface area contributed by atoms with Gasteiger partial charge in [0, 0.05) is 22.5 Å². The van der Waals surface area contributed by atoms with Crippen molar-refractivity contribution in [2.75, 3.05) is 0 Å². The van der Waals surface area contributed by atoms with Crippen molar-refractivity contribution in [3.05, 3.63) is 81.8 Å². The highest BCUT2D eigenvalue weighted by molar-refractivity contribution is 6.13. The van der Waals surface area contributed by atoms with Gasteiger partial charge in [-0.3, -0.25) is 9.59 Å². The monoisotopic (exact) mass is 330 g/mol. The maximum absolute atomic E-state index is 12.8. The molecule has 0 atom stereocenters. The summed E-state index contributed by atoms with van der Waals surface area (Å²) >= 11 is 0. The lowest BCUT2D eigenvalue weighted by atomic mass is 10.00. The second-order valence-electron chi connectivity index (χ2n) is 5.97. The van der Waals surface area contributed by atoms with Crippen LogP contribution >= 0.6 is 0 Å². The molecule has 122 valence electrons. The van der Waals surface area contributed by atoms with E-state index in [1.54, 1.807) is 30.3 Å². The number of hydrogen-bond donors (Lipinski definition) is 2. The predicted molar refractivity (Wildman–Crippen MR) is 96.1 cm³/mol. The van der Waals surface area contributed by atoms with Gasteiger partial charge in [-0.05, 0) is 36.6 Å². The maximum Gasteiger partial charge on any atom is 0.257 e. The normalized spacial score (nSPS) is 11.1. The molecule has 5 nitrogen and oxygen atoms in total. The quantitative estimate of drug-likeness (QED) is 0.436. The van der Waals surface area contributed by atoms with Gasteiger partial charge in [0.15, 0.2) is 5.78 Å². The summed E-state index contributed by atoms with van der Waals surface area (Å²) in [4.78, 5) is 31.9. The Kier molecular flexibility index (Phi) is 3.35. The highest BCUT2D eigenvalue weighted by Crippen LogP contribution is 2.25. The van der Waals surface area contributed by atoms with E-state index in [9.17, 15) is 14.7 Å². The highest BCUT2D eigenvalue weighted by atomic mass is 16.3. The zero-order chi connectivity index (χ0) is 17.6. The van der Waals surface area contributed by atoms with Crippen LogP contribution in [0.3, 0.4) is 0 Å². The molecule has 0 radical (unpaired) electrons. The molecule has 0 aliphatic heterocycles. The van der Waals surface area contributed by atoms with E-state index in [-0.39, 0.29) is 22.7 Å². The lowest BCUT2D eigenvalue weighted by Crippen LogP contribution is -2.09. The second kappa shape index (κ2) is 5.56. The van der Waals surface area contributed by atoms with Gasteiger partial charge in [0.25, 0.3) is 5.56 Å². The van der Waals surface area contributed by atoms with Crippen molar-refractivity contribution in [2.24, 2.45) is 0 Å². The second-order valence-corrected chi connectivity index (χ2v) is 5.97. The van der Waals surface area contributed by atoms with Crippen LogP contribution in [0.1, 0.15) is 21.5 Å². The summed E-state index contributed by atoms with van der Waals surface area (Å²) in [6, 6.07) is 13.8. The van der Waals surface area contributed by atoms with E-state index in [1.165, 1.54) is 12.3 Å². The van der Waals surface area contributed by atoms with E-state index >= 15 is 0 Å². The molecular weight excluding hydrogens is 316 g/mol. The first-order chi connectivity index (χ1) is 12.0. The SMILES string of the molecule is Cc1ccc(O)c(C(=O)c2cnc3[nH]c(=O)c4ccccc4c3c2)c1. The minimum Gasteiger partial charge on any atom is -0.507 e. The number of phenols is 1. The molecule has 2 heterocycles. The fourth-order valence-corrected chi connectivity index (χ4v) is 2.97. The number of aromatic amines is 1. The van der Waals surface area contributed by atoms with E-state index in [0.29, 0.717) is 22.0 Å². The molecule has 2 N–H and O–H groups in total. The molecule has 0 unspecified atom stereocenters. The van der Waals surface area contributed by atoms with E-state index in [4.69, 9.17) is 0 Å². The fourth-order valence-electron chi connectivity index (χ4n) is 2.97. The van der Waals surface area contributed by atoms with Crippen molar-refractivity contribution in [2.45, 2.75) is 6.92 Å². The van der Waals surface area contributed by atoms with Crippen LogP contribution in [0.2, 0.25) is 0 Å². The zero-order valence-corrected chi connectivity index (χ0v) is 13.4. The van der Waals surface area contributed by atoms with Gasteiger partial charge in [-0.2, -0.15) is 0 Å². The summed E-state index contributed by atoms with van der Waals surface area (Å²) in [6.07, 6.45) is 1.41. The molecule has 0 saturated heterocycles. The van der Waals surface area contributed by atoms with Gasteiger partial charge >= 0.3 is 0 Å². The lowest BCUT2D eigenvalue weighted by Gasteiger charge is -2.07. The summed E-state index contributed by atoms with van der Waals surface area (Å²) in [5, 5.41) is 12.0. The third-order valence-corrected chi connectivity index (χ3v) is 4.24. The van der Waals surface area contributed by atoms with Crippen LogP contribution in [-0.4, -0.2) is 20.9 Å². The standard InChI is InChI=1S/C20H14N2O3/c1-11-6-7-17(23)16(8-11)18(24)12-9-15-13-4-2-3-5-14(13)20(25)22-19(15)21-10-12/h2-10,23H,1H3,(H,21,22,25). The number of nitrogens with one attached hydrogen (secondary N) is 1. The number of pyridine rings is 2. The summed E-state index contributed by atoms with van der Waals surface area (Å²) in [5.41, 5.74) is 1.67. The molecule has 0 amide bonds. The van der Waals surface area contributed by atoms with E-state index in [0.717, 1.165) is 10.9 Å². The average Bonchev–Trinajstić information content (AvgIpc) is 2.63.